The average molecular weight is 375 g/mol. The smallest absolute Gasteiger partial charge is 0.252 e. The minimum absolute atomic E-state index is 0.100. The number of hydrogen-bond acceptors (Lipinski definition) is 3. The quantitative estimate of drug-likeness (QED) is 0.473. The Labute approximate surface area is 163 Å². The van der Waals surface area contributed by atoms with Crippen molar-refractivity contribution < 1.29 is 9.59 Å². The van der Waals surface area contributed by atoms with E-state index in [1.165, 1.54) is 11.8 Å². The van der Waals surface area contributed by atoms with Gasteiger partial charge in [0.1, 0.15) is 5.37 Å². The second kappa shape index (κ2) is 9.19. The van der Waals surface area contributed by atoms with Crippen molar-refractivity contribution >= 4 is 23.5 Å². The molecule has 0 aromatic heterocycles. The van der Waals surface area contributed by atoms with Gasteiger partial charge in [-0.25, -0.2) is 0 Å². The van der Waals surface area contributed by atoms with Crippen LogP contribution in [0.3, 0.4) is 0 Å². The number of aryl methyl sites for hydroxylation is 1. The van der Waals surface area contributed by atoms with E-state index in [2.05, 4.69) is 5.32 Å². The van der Waals surface area contributed by atoms with Gasteiger partial charge in [-0.2, -0.15) is 0 Å². The first-order valence-electron chi connectivity index (χ1n) is 8.76. The fraction of sp³-hybridized carbons (Fsp3) is 0.130. The molecular weight excluding hydrogens is 354 g/mol. The average Bonchev–Trinajstić information content (AvgIpc) is 2.72. The zero-order chi connectivity index (χ0) is 19.1. The van der Waals surface area contributed by atoms with Gasteiger partial charge in [-0.3, -0.25) is 9.59 Å². The van der Waals surface area contributed by atoms with Crippen LogP contribution < -0.4 is 5.32 Å². The van der Waals surface area contributed by atoms with Crippen LogP contribution in [0.15, 0.2) is 84.9 Å². The minimum atomic E-state index is -0.651. The number of hydrogen-bond donors (Lipinski definition) is 1. The van der Waals surface area contributed by atoms with Crippen LogP contribution in [0.1, 0.15) is 31.8 Å². The van der Waals surface area contributed by atoms with Crippen molar-refractivity contribution in [2.75, 3.05) is 0 Å². The molecule has 0 bridgehead atoms. The largest absolute Gasteiger partial charge is 0.333 e. The Morgan fingerprint density at radius 2 is 1.41 bits per heavy atom. The molecule has 0 aliphatic carbocycles. The zero-order valence-corrected chi connectivity index (χ0v) is 15.9. The molecule has 1 amide bonds. The van der Waals surface area contributed by atoms with Crippen LogP contribution in [0.25, 0.3) is 0 Å². The van der Waals surface area contributed by atoms with E-state index in [0.29, 0.717) is 16.9 Å². The van der Waals surface area contributed by atoms with Crippen molar-refractivity contribution in [1.29, 1.82) is 0 Å². The third-order valence-electron chi connectivity index (χ3n) is 4.13. The standard InChI is InChI=1S/C23H21NO2S/c1-17-12-14-20(15-13-17)22(26)24-23(21(25)19-10-6-3-7-11-19)27-16-18-8-4-2-5-9-18/h2-15,23H,16H2,1H3,(H,24,26)/t23-/m1/s1. The SMILES string of the molecule is Cc1ccc(C(=O)N[C@H](SCc2ccccc2)C(=O)c2ccccc2)cc1. The Hall–Kier alpha value is -2.85. The lowest BCUT2D eigenvalue weighted by Crippen LogP contribution is -2.38. The van der Waals surface area contributed by atoms with Crippen molar-refractivity contribution in [3.05, 3.63) is 107 Å². The Bertz CT molecular complexity index is 893. The Morgan fingerprint density at radius 1 is 0.815 bits per heavy atom. The van der Waals surface area contributed by atoms with Gasteiger partial charge in [0.05, 0.1) is 0 Å². The molecule has 0 heterocycles. The topological polar surface area (TPSA) is 46.2 Å². The number of benzene rings is 3. The van der Waals surface area contributed by atoms with Crippen molar-refractivity contribution in [2.24, 2.45) is 0 Å². The van der Waals surface area contributed by atoms with Gasteiger partial charge in [0.25, 0.3) is 5.91 Å². The summed E-state index contributed by atoms with van der Waals surface area (Å²) in [6.07, 6.45) is 0. The number of amides is 1. The molecule has 0 unspecified atom stereocenters. The zero-order valence-electron chi connectivity index (χ0n) is 15.1. The van der Waals surface area contributed by atoms with Crippen LogP contribution in [-0.4, -0.2) is 17.1 Å². The number of rotatable bonds is 7. The van der Waals surface area contributed by atoms with Crippen molar-refractivity contribution in [3.8, 4) is 0 Å². The number of carbonyl (C=O) groups is 2. The second-order valence-electron chi connectivity index (χ2n) is 6.25. The molecule has 3 aromatic carbocycles. The fourth-order valence-corrected chi connectivity index (χ4v) is 3.63. The van der Waals surface area contributed by atoms with Gasteiger partial charge in [-0.1, -0.05) is 78.4 Å². The third-order valence-corrected chi connectivity index (χ3v) is 5.30. The lowest BCUT2D eigenvalue weighted by Gasteiger charge is -2.18. The Kier molecular flexibility index (Phi) is 6.44. The molecule has 0 radical (unpaired) electrons. The van der Waals surface area contributed by atoms with Crippen LogP contribution in [0.4, 0.5) is 0 Å². The molecular formula is C23H21NO2S. The van der Waals surface area contributed by atoms with Gasteiger partial charge in [-0.05, 0) is 24.6 Å². The van der Waals surface area contributed by atoms with E-state index in [0.717, 1.165) is 11.1 Å². The number of ketones is 1. The van der Waals surface area contributed by atoms with E-state index in [1.54, 1.807) is 24.3 Å². The molecule has 0 aliphatic heterocycles. The molecule has 0 aliphatic rings. The first kappa shape index (κ1) is 18.9. The summed E-state index contributed by atoms with van der Waals surface area (Å²) in [5.74, 6) is 0.292. The highest BCUT2D eigenvalue weighted by Gasteiger charge is 2.23. The molecule has 3 rings (SSSR count). The van der Waals surface area contributed by atoms with Gasteiger partial charge in [0.15, 0.2) is 5.78 Å². The van der Waals surface area contributed by atoms with Gasteiger partial charge in [0.2, 0.25) is 0 Å². The molecule has 3 aromatic rings. The van der Waals surface area contributed by atoms with E-state index < -0.39 is 5.37 Å². The summed E-state index contributed by atoms with van der Waals surface area (Å²) in [7, 11) is 0. The summed E-state index contributed by atoms with van der Waals surface area (Å²) in [5.41, 5.74) is 3.33. The maximum Gasteiger partial charge on any atom is 0.252 e. The van der Waals surface area contributed by atoms with Crippen molar-refractivity contribution in [3.63, 3.8) is 0 Å². The number of nitrogens with one attached hydrogen (secondary N) is 1. The Morgan fingerprint density at radius 3 is 2.04 bits per heavy atom. The van der Waals surface area contributed by atoms with E-state index >= 15 is 0 Å². The lowest BCUT2D eigenvalue weighted by atomic mass is 10.1. The number of thioether (sulfide) groups is 1. The first-order chi connectivity index (χ1) is 13.1. The van der Waals surface area contributed by atoms with E-state index in [1.807, 2.05) is 67.6 Å². The van der Waals surface area contributed by atoms with Crippen LogP contribution >= 0.6 is 11.8 Å². The lowest BCUT2D eigenvalue weighted by molar-refractivity contribution is 0.0892. The van der Waals surface area contributed by atoms with Gasteiger partial charge >= 0.3 is 0 Å². The van der Waals surface area contributed by atoms with Gasteiger partial charge < -0.3 is 5.32 Å². The van der Waals surface area contributed by atoms with E-state index in [9.17, 15) is 9.59 Å². The highest BCUT2D eigenvalue weighted by molar-refractivity contribution is 7.99. The summed E-state index contributed by atoms with van der Waals surface area (Å²) in [6.45, 7) is 1.97. The molecule has 136 valence electrons. The minimum Gasteiger partial charge on any atom is -0.333 e. The summed E-state index contributed by atoms with van der Waals surface area (Å²) in [5, 5.41) is 2.24. The monoisotopic (exact) mass is 375 g/mol. The molecule has 4 heteroatoms. The highest BCUT2D eigenvalue weighted by Crippen LogP contribution is 2.20. The third kappa shape index (κ3) is 5.31. The summed E-state index contributed by atoms with van der Waals surface area (Å²) in [6, 6.07) is 26.3. The maximum atomic E-state index is 13.0. The van der Waals surface area contributed by atoms with Crippen LogP contribution in [0.5, 0.6) is 0 Å². The van der Waals surface area contributed by atoms with Gasteiger partial charge in [0, 0.05) is 16.9 Å². The molecule has 3 nitrogen and oxygen atoms in total. The second-order valence-corrected chi connectivity index (χ2v) is 7.34. The summed E-state index contributed by atoms with van der Waals surface area (Å²) in [4.78, 5) is 25.6. The van der Waals surface area contributed by atoms with E-state index in [4.69, 9.17) is 0 Å². The number of carbonyl (C=O) groups excluding carboxylic acids is 2. The molecule has 0 saturated heterocycles. The molecule has 27 heavy (non-hydrogen) atoms. The predicted molar refractivity (Wildman–Crippen MR) is 111 cm³/mol. The van der Waals surface area contributed by atoms with Crippen LogP contribution in [0, 0.1) is 6.92 Å². The van der Waals surface area contributed by atoms with Gasteiger partial charge in [-0.15, -0.1) is 11.8 Å². The predicted octanol–water partition coefficient (Wildman–Crippen LogP) is 4.87. The molecule has 0 spiro atoms. The van der Waals surface area contributed by atoms with Crippen molar-refractivity contribution in [2.45, 2.75) is 18.1 Å². The Balaban J connectivity index is 1.77. The van der Waals surface area contributed by atoms with Crippen LogP contribution in [0.2, 0.25) is 0 Å². The summed E-state index contributed by atoms with van der Waals surface area (Å²) >= 11 is 1.42. The highest BCUT2D eigenvalue weighted by atomic mass is 32.2. The summed E-state index contributed by atoms with van der Waals surface area (Å²) < 4.78 is 0. The molecule has 0 fully saturated rings. The molecule has 1 atom stereocenters. The molecule has 0 saturated carbocycles. The fourth-order valence-electron chi connectivity index (χ4n) is 2.60. The number of Topliss-reactive ketones (excluding diaryl/α,β-unsaturated/α-hetero) is 1. The van der Waals surface area contributed by atoms with E-state index in [-0.39, 0.29) is 11.7 Å². The van der Waals surface area contributed by atoms with Crippen molar-refractivity contribution in [1.82, 2.24) is 5.32 Å². The maximum absolute atomic E-state index is 13.0. The molecule has 1 N–H and O–H groups in total. The normalized spacial score (nSPS) is 11.6. The first-order valence-corrected chi connectivity index (χ1v) is 9.81. The van der Waals surface area contributed by atoms with Crippen LogP contribution in [-0.2, 0) is 5.75 Å².